The molecule has 2 atom stereocenters. The maximum atomic E-state index is 12.7. The molecule has 0 unspecified atom stereocenters. The summed E-state index contributed by atoms with van der Waals surface area (Å²) in [6.07, 6.45) is 0.261. The summed E-state index contributed by atoms with van der Waals surface area (Å²) in [7, 11) is 0.396. The molecule has 1 heterocycles. The summed E-state index contributed by atoms with van der Waals surface area (Å²) in [5, 5.41) is 5.02. The highest BCUT2D eigenvalue weighted by Gasteiger charge is 2.36. The lowest BCUT2D eigenvalue weighted by Crippen LogP contribution is -2.51. The SMILES string of the molecule is CN(C)C[C@@H]1OCCN(C(=O)CCCS(N)(=O)=O)[C@H]1c1ccccc1. The van der Waals surface area contributed by atoms with E-state index in [0.29, 0.717) is 19.7 Å². The number of carbonyl (C=O) groups excluding carboxylic acids is 1. The summed E-state index contributed by atoms with van der Waals surface area (Å²) in [5.74, 6) is -0.246. The van der Waals surface area contributed by atoms with Crippen molar-refractivity contribution in [3.8, 4) is 0 Å². The molecule has 1 aliphatic heterocycles. The number of nitrogens with zero attached hydrogens (tertiary/aromatic N) is 2. The number of primary sulfonamides is 1. The van der Waals surface area contributed by atoms with E-state index in [4.69, 9.17) is 9.88 Å². The topological polar surface area (TPSA) is 92.9 Å². The minimum atomic E-state index is -3.54. The van der Waals surface area contributed by atoms with Gasteiger partial charge in [-0.25, -0.2) is 13.6 Å². The molecule has 0 radical (unpaired) electrons. The molecule has 8 heteroatoms. The van der Waals surface area contributed by atoms with Gasteiger partial charge < -0.3 is 14.5 Å². The molecule has 1 aromatic rings. The van der Waals surface area contributed by atoms with E-state index in [1.54, 1.807) is 0 Å². The Balaban J connectivity index is 2.16. The van der Waals surface area contributed by atoms with Crippen LogP contribution in [0.15, 0.2) is 30.3 Å². The Hall–Kier alpha value is -1.48. The number of hydrogen-bond acceptors (Lipinski definition) is 5. The smallest absolute Gasteiger partial charge is 0.223 e. The van der Waals surface area contributed by atoms with Gasteiger partial charge in [-0.2, -0.15) is 0 Å². The number of morpholine rings is 1. The third-order valence-electron chi connectivity index (χ3n) is 4.18. The molecule has 0 bridgehead atoms. The second-order valence-electron chi connectivity index (χ2n) is 6.58. The molecule has 0 saturated carbocycles. The normalized spacial score (nSPS) is 21.5. The summed E-state index contributed by atoms with van der Waals surface area (Å²) < 4.78 is 28.1. The van der Waals surface area contributed by atoms with Crippen molar-refractivity contribution in [2.45, 2.75) is 25.0 Å². The molecule has 0 aliphatic carbocycles. The first-order valence-electron chi connectivity index (χ1n) is 8.39. The predicted octanol–water partition coefficient (Wildman–Crippen LogP) is 0.585. The van der Waals surface area contributed by atoms with E-state index in [1.165, 1.54) is 0 Å². The standard InChI is InChI=1S/C17H27N3O4S/c1-19(2)13-15-17(14-7-4-3-5-8-14)20(10-11-24-15)16(21)9-6-12-25(18,22)23/h3-5,7-8,15,17H,6,9-13H2,1-2H3,(H2,18,22,23)/t15-,17-/m0/s1. The Morgan fingerprint density at radius 2 is 2.00 bits per heavy atom. The average Bonchev–Trinajstić information content (AvgIpc) is 2.53. The van der Waals surface area contributed by atoms with E-state index in [2.05, 4.69) is 0 Å². The summed E-state index contributed by atoms with van der Waals surface area (Å²) in [6.45, 7) is 1.67. The van der Waals surface area contributed by atoms with Crippen molar-refractivity contribution < 1.29 is 17.9 Å². The van der Waals surface area contributed by atoms with Crippen molar-refractivity contribution in [1.82, 2.24) is 9.80 Å². The van der Waals surface area contributed by atoms with Crippen LogP contribution in [-0.2, 0) is 19.6 Å². The van der Waals surface area contributed by atoms with E-state index in [9.17, 15) is 13.2 Å². The van der Waals surface area contributed by atoms with E-state index in [0.717, 1.165) is 5.56 Å². The lowest BCUT2D eigenvalue weighted by atomic mass is 9.97. The molecule has 1 fully saturated rings. The molecule has 140 valence electrons. The molecule has 1 amide bonds. The van der Waals surface area contributed by atoms with Gasteiger partial charge in [0.15, 0.2) is 0 Å². The van der Waals surface area contributed by atoms with E-state index < -0.39 is 10.0 Å². The predicted molar refractivity (Wildman–Crippen MR) is 96.4 cm³/mol. The molecule has 2 N–H and O–H groups in total. The summed E-state index contributed by atoms with van der Waals surface area (Å²) >= 11 is 0. The van der Waals surface area contributed by atoms with Crippen LogP contribution in [-0.4, -0.2) is 69.8 Å². The fourth-order valence-electron chi connectivity index (χ4n) is 3.14. The highest BCUT2D eigenvalue weighted by Crippen LogP contribution is 2.30. The molecule has 0 aromatic heterocycles. The Morgan fingerprint density at radius 1 is 1.32 bits per heavy atom. The van der Waals surface area contributed by atoms with Crippen LogP contribution in [0, 0.1) is 0 Å². The average molecular weight is 369 g/mol. The number of hydrogen-bond donors (Lipinski definition) is 1. The summed E-state index contributed by atoms with van der Waals surface area (Å²) in [5.41, 5.74) is 1.02. The minimum absolute atomic E-state index is 0.0652. The van der Waals surface area contributed by atoms with Crippen molar-refractivity contribution in [2.24, 2.45) is 5.14 Å². The number of carbonyl (C=O) groups is 1. The van der Waals surface area contributed by atoms with Crippen LogP contribution in [0.25, 0.3) is 0 Å². The highest BCUT2D eigenvalue weighted by molar-refractivity contribution is 7.89. The maximum absolute atomic E-state index is 12.7. The molecule has 7 nitrogen and oxygen atoms in total. The Kier molecular flexibility index (Phi) is 6.95. The zero-order valence-corrected chi connectivity index (χ0v) is 15.6. The monoisotopic (exact) mass is 369 g/mol. The third-order valence-corrected chi connectivity index (χ3v) is 5.04. The summed E-state index contributed by atoms with van der Waals surface area (Å²) in [6, 6.07) is 9.63. The van der Waals surface area contributed by atoms with Crippen LogP contribution >= 0.6 is 0 Å². The quantitative estimate of drug-likeness (QED) is 0.759. The Morgan fingerprint density at radius 3 is 2.60 bits per heavy atom. The highest BCUT2D eigenvalue weighted by atomic mass is 32.2. The minimum Gasteiger partial charge on any atom is -0.373 e. The first kappa shape index (κ1) is 19.8. The van der Waals surface area contributed by atoms with Crippen molar-refractivity contribution in [1.29, 1.82) is 0 Å². The van der Waals surface area contributed by atoms with Gasteiger partial charge in [-0.15, -0.1) is 0 Å². The maximum Gasteiger partial charge on any atom is 0.223 e. The van der Waals surface area contributed by atoms with Crippen molar-refractivity contribution in [3.63, 3.8) is 0 Å². The van der Waals surface area contributed by atoms with Crippen molar-refractivity contribution >= 4 is 15.9 Å². The van der Waals surface area contributed by atoms with E-state index in [1.807, 2.05) is 54.2 Å². The zero-order chi connectivity index (χ0) is 18.4. The first-order chi connectivity index (χ1) is 11.8. The van der Waals surface area contributed by atoms with Crippen molar-refractivity contribution in [2.75, 3.05) is 39.5 Å². The first-order valence-corrected chi connectivity index (χ1v) is 10.1. The second kappa shape index (κ2) is 8.75. The Bertz CT molecular complexity index is 664. The third kappa shape index (κ3) is 6.07. The fraction of sp³-hybridized carbons (Fsp3) is 0.588. The lowest BCUT2D eigenvalue weighted by Gasteiger charge is -2.42. The molecule has 25 heavy (non-hydrogen) atoms. The van der Waals surface area contributed by atoms with Crippen LogP contribution in [0.1, 0.15) is 24.4 Å². The Labute approximate surface area is 149 Å². The molecule has 1 aliphatic rings. The zero-order valence-electron chi connectivity index (χ0n) is 14.8. The van der Waals surface area contributed by atoms with Gasteiger partial charge in [0, 0.05) is 19.5 Å². The van der Waals surface area contributed by atoms with Crippen molar-refractivity contribution in [3.05, 3.63) is 35.9 Å². The van der Waals surface area contributed by atoms with E-state index in [-0.39, 0.29) is 36.6 Å². The van der Waals surface area contributed by atoms with Crippen LogP contribution in [0.4, 0.5) is 0 Å². The number of amides is 1. The molecular weight excluding hydrogens is 342 g/mol. The number of rotatable bonds is 7. The number of likely N-dealkylation sites (N-methyl/N-ethyl adjacent to an activating group) is 1. The van der Waals surface area contributed by atoms with Crippen LogP contribution in [0.5, 0.6) is 0 Å². The molecular formula is C17H27N3O4S. The van der Waals surface area contributed by atoms with Gasteiger partial charge in [0.25, 0.3) is 0 Å². The molecule has 1 saturated heterocycles. The number of benzene rings is 1. The van der Waals surface area contributed by atoms with Gasteiger partial charge in [0.05, 0.1) is 24.5 Å². The fourth-order valence-corrected chi connectivity index (χ4v) is 3.69. The molecule has 1 aromatic carbocycles. The number of nitrogens with two attached hydrogens (primary N) is 1. The molecule has 0 spiro atoms. The second-order valence-corrected chi connectivity index (χ2v) is 8.32. The lowest BCUT2D eigenvalue weighted by molar-refractivity contribution is -0.148. The van der Waals surface area contributed by atoms with Gasteiger partial charge in [-0.05, 0) is 26.1 Å². The van der Waals surface area contributed by atoms with Gasteiger partial charge >= 0.3 is 0 Å². The van der Waals surface area contributed by atoms with Gasteiger partial charge in [0.2, 0.25) is 15.9 Å². The van der Waals surface area contributed by atoms with Gasteiger partial charge in [0.1, 0.15) is 0 Å². The summed E-state index contributed by atoms with van der Waals surface area (Å²) in [4.78, 5) is 16.6. The van der Waals surface area contributed by atoms with Gasteiger partial charge in [-0.1, -0.05) is 30.3 Å². The van der Waals surface area contributed by atoms with E-state index >= 15 is 0 Å². The number of ether oxygens (including phenoxy) is 1. The van der Waals surface area contributed by atoms with Crippen LogP contribution in [0.2, 0.25) is 0 Å². The van der Waals surface area contributed by atoms with Gasteiger partial charge in [-0.3, -0.25) is 4.79 Å². The molecule has 2 rings (SSSR count). The largest absolute Gasteiger partial charge is 0.373 e. The number of sulfonamides is 1. The van der Waals surface area contributed by atoms with Crippen LogP contribution in [0.3, 0.4) is 0 Å². The van der Waals surface area contributed by atoms with Crippen LogP contribution < -0.4 is 5.14 Å².